The molecule has 0 aliphatic carbocycles. The van der Waals surface area contributed by atoms with Crippen LogP contribution in [0.15, 0.2) is 59.4 Å². The Balaban J connectivity index is 1.46. The number of rotatable bonds is 7. The second-order valence-electron chi connectivity index (χ2n) is 5.69. The van der Waals surface area contributed by atoms with E-state index in [2.05, 4.69) is 20.8 Å². The van der Waals surface area contributed by atoms with Crippen LogP contribution in [0, 0.1) is 5.82 Å². The molecule has 138 valence electrons. The Morgan fingerprint density at radius 3 is 2.63 bits per heavy atom. The largest absolute Gasteiger partial charge is 0.355 e. The van der Waals surface area contributed by atoms with Crippen molar-refractivity contribution in [2.45, 2.75) is 13.0 Å². The van der Waals surface area contributed by atoms with Crippen molar-refractivity contribution in [2.24, 2.45) is 0 Å². The topological polar surface area (TPSA) is 97.1 Å². The van der Waals surface area contributed by atoms with E-state index in [0.717, 1.165) is 5.56 Å². The zero-order valence-electron chi connectivity index (χ0n) is 14.3. The van der Waals surface area contributed by atoms with Gasteiger partial charge in [-0.25, -0.2) is 4.39 Å². The molecule has 3 aromatic rings. The van der Waals surface area contributed by atoms with Crippen molar-refractivity contribution >= 4 is 11.8 Å². The monoisotopic (exact) mass is 368 g/mol. The maximum absolute atomic E-state index is 13.7. The number of aromatic nitrogens is 2. The lowest BCUT2D eigenvalue weighted by Crippen LogP contribution is -2.30. The quantitative estimate of drug-likeness (QED) is 0.667. The highest BCUT2D eigenvalue weighted by Gasteiger charge is 2.15. The number of hydrogen-bond donors (Lipinski definition) is 2. The van der Waals surface area contributed by atoms with Gasteiger partial charge in [-0.1, -0.05) is 17.3 Å². The SMILES string of the molecule is O=C(CCNC(=O)c1cc(-c2ccccc2F)on1)NCc1ccncc1. The fourth-order valence-corrected chi connectivity index (χ4v) is 2.34. The zero-order chi connectivity index (χ0) is 19.1. The molecule has 8 heteroatoms. The summed E-state index contributed by atoms with van der Waals surface area (Å²) in [4.78, 5) is 27.8. The summed E-state index contributed by atoms with van der Waals surface area (Å²) in [5.41, 5.74) is 1.18. The maximum atomic E-state index is 13.7. The van der Waals surface area contributed by atoms with Gasteiger partial charge in [0.15, 0.2) is 11.5 Å². The molecule has 3 rings (SSSR count). The molecule has 0 saturated heterocycles. The van der Waals surface area contributed by atoms with E-state index in [1.807, 2.05) is 0 Å². The number of nitrogens with zero attached hydrogens (tertiary/aromatic N) is 2. The van der Waals surface area contributed by atoms with Gasteiger partial charge in [-0.15, -0.1) is 0 Å². The first-order valence-electron chi connectivity index (χ1n) is 8.29. The van der Waals surface area contributed by atoms with E-state index in [9.17, 15) is 14.0 Å². The van der Waals surface area contributed by atoms with Crippen molar-refractivity contribution in [2.75, 3.05) is 6.54 Å². The first-order chi connectivity index (χ1) is 13.1. The van der Waals surface area contributed by atoms with Crippen molar-refractivity contribution in [1.29, 1.82) is 0 Å². The molecule has 2 heterocycles. The van der Waals surface area contributed by atoms with E-state index in [-0.39, 0.29) is 35.9 Å². The van der Waals surface area contributed by atoms with Crippen LogP contribution in [0.5, 0.6) is 0 Å². The fraction of sp³-hybridized carbons (Fsp3) is 0.158. The van der Waals surface area contributed by atoms with Gasteiger partial charge in [0, 0.05) is 38.0 Å². The Morgan fingerprint density at radius 1 is 1.07 bits per heavy atom. The Kier molecular flexibility index (Phi) is 5.88. The fourth-order valence-electron chi connectivity index (χ4n) is 2.34. The van der Waals surface area contributed by atoms with E-state index in [1.54, 1.807) is 36.7 Å². The number of amides is 2. The van der Waals surface area contributed by atoms with Crippen molar-refractivity contribution in [3.63, 3.8) is 0 Å². The highest BCUT2D eigenvalue weighted by molar-refractivity contribution is 5.93. The molecule has 0 radical (unpaired) electrons. The number of halogens is 1. The maximum Gasteiger partial charge on any atom is 0.273 e. The average Bonchev–Trinajstić information content (AvgIpc) is 3.17. The predicted molar refractivity (Wildman–Crippen MR) is 94.9 cm³/mol. The number of benzene rings is 1. The molecule has 0 aliphatic heterocycles. The molecular formula is C19H17FN4O3. The van der Waals surface area contributed by atoms with E-state index in [0.29, 0.717) is 6.54 Å². The molecule has 1 aromatic carbocycles. The molecule has 0 spiro atoms. The summed E-state index contributed by atoms with van der Waals surface area (Å²) in [6.07, 6.45) is 3.42. The molecular weight excluding hydrogens is 351 g/mol. The summed E-state index contributed by atoms with van der Waals surface area (Å²) in [5, 5.41) is 8.98. The van der Waals surface area contributed by atoms with Crippen LogP contribution in [0.1, 0.15) is 22.5 Å². The van der Waals surface area contributed by atoms with Crippen LogP contribution in [0.4, 0.5) is 4.39 Å². The minimum atomic E-state index is -0.497. The van der Waals surface area contributed by atoms with E-state index in [4.69, 9.17) is 4.52 Å². The van der Waals surface area contributed by atoms with Crippen LogP contribution in [0.2, 0.25) is 0 Å². The van der Waals surface area contributed by atoms with Gasteiger partial charge in [0.2, 0.25) is 5.91 Å². The number of carbonyl (C=O) groups is 2. The Labute approximate surface area is 154 Å². The van der Waals surface area contributed by atoms with E-state index >= 15 is 0 Å². The Bertz CT molecular complexity index is 927. The molecule has 7 nitrogen and oxygen atoms in total. The van der Waals surface area contributed by atoms with Crippen LogP contribution in [0.25, 0.3) is 11.3 Å². The minimum absolute atomic E-state index is 0.0189. The van der Waals surface area contributed by atoms with Crippen molar-refractivity contribution in [3.05, 3.63) is 71.9 Å². The van der Waals surface area contributed by atoms with E-state index < -0.39 is 11.7 Å². The number of nitrogens with one attached hydrogen (secondary N) is 2. The second-order valence-corrected chi connectivity index (χ2v) is 5.69. The minimum Gasteiger partial charge on any atom is -0.355 e. The summed E-state index contributed by atoms with van der Waals surface area (Å²) in [5.74, 6) is -0.998. The van der Waals surface area contributed by atoms with Gasteiger partial charge in [0.05, 0.1) is 5.56 Å². The predicted octanol–water partition coefficient (Wildman–Crippen LogP) is 2.31. The number of pyridine rings is 1. The summed E-state index contributed by atoms with van der Waals surface area (Å²) in [7, 11) is 0. The molecule has 2 amide bonds. The third kappa shape index (κ3) is 4.97. The van der Waals surface area contributed by atoms with Gasteiger partial charge in [-0.2, -0.15) is 0 Å². The molecule has 0 bridgehead atoms. The molecule has 27 heavy (non-hydrogen) atoms. The molecule has 0 aliphatic rings. The third-order valence-electron chi connectivity index (χ3n) is 3.76. The Hall–Kier alpha value is -3.55. The first kappa shape index (κ1) is 18.2. The molecule has 0 fully saturated rings. The van der Waals surface area contributed by atoms with Crippen LogP contribution in [0.3, 0.4) is 0 Å². The average molecular weight is 368 g/mol. The first-order valence-corrected chi connectivity index (χ1v) is 8.29. The van der Waals surface area contributed by atoms with Gasteiger partial charge >= 0.3 is 0 Å². The summed E-state index contributed by atoms with van der Waals surface area (Å²) >= 11 is 0. The van der Waals surface area contributed by atoms with Gasteiger partial charge in [0.25, 0.3) is 5.91 Å². The smallest absolute Gasteiger partial charge is 0.273 e. The lowest BCUT2D eigenvalue weighted by molar-refractivity contribution is -0.121. The molecule has 2 aromatic heterocycles. The van der Waals surface area contributed by atoms with E-state index in [1.165, 1.54) is 18.2 Å². The highest BCUT2D eigenvalue weighted by atomic mass is 19.1. The normalized spacial score (nSPS) is 10.4. The van der Waals surface area contributed by atoms with Crippen LogP contribution in [-0.2, 0) is 11.3 Å². The van der Waals surface area contributed by atoms with Gasteiger partial charge in [0.1, 0.15) is 5.82 Å². The standard InChI is InChI=1S/C19H17FN4O3/c20-15-4-2-1-3-14(15)17-11-16(24-27-17)19(26)22-10-7-18(25)23-12-13-5-8-21-9-6-13/h1-6,8-9,11H,7,10,12H2,(H,22,26)(H,23,25). The molecule has 0 unspecified atom stereocenters. The summed E-state index contributed by atoms with van der Waals surface area (Å²) in [6, 6.07) is 11.0. The lowest BCUT2D eigenvalue weighted by Gasteiger charge is -2.05. The van der Waals surface area contributed by atoms with Crippen molar-refractivity contribution in [3.8, 4) is 11.3 Å². The highest BCUT2D eigenvalue weighted by Crippen LogP contribution is 2.23. The molecule has 2 N–H and O–H groups in total. The second kappa shape index (κ2) is 8.70. The zero-order valence-corrected chi connectivity index (χ0v) is 14.3. The summed E-state index contributed by atoms with van der Waals surface area (Å²) in [6.45, 7) is 0.535. The van der Waals surface area contributed by atoms with Crippen molar-refractivity contribution < 1.29 is 18.5 Å². The summed E-state index contributed by atoms with van der Waals surface area (Å²) < 4.78 is 18.8. The number of carbonyl (C=O) groups excluding carboxylic acids is 2. The lowest BCUT2D eigenvalue weighted by atomic mass is 10.1. The van der Waals surface area contributed by atoms with Crippen LogP contribution >= 0.6 is 0 Å². The molecule has 0 atom stereocenters. The third-order valence-corrected chi connectivity index (χ3v) is 3.76. The van der Waals surface area contributed by atoms with Gasteiger partial charge in [-0.3, -0.25) is 14.6 Å². The molecule has 0 saturated carbocycles. The number of hydrogen-bond acceptors (Lipinski definition) is 5. The van der Waals surface area contributed by atoms with Crippen LogP contribution < -0.4 is 10.6 Å². The van der Waals surface area contributed by atoms with Crippen LogP contribution in [-0.4, -0.2) is 28.5 Å². The van der Waals surface area contributed by atoms with Gasteiger partial charge < -0.3 is 15.2 Å². The van der Waals surface area contributed by atoms with Crippen molar-refractivity contribution in [1.82, 2.24) is 20.8 Å². The Morgan fingerprint density at radius 2 is 1.85 bits per heavy atom. The van der Waals surface area contributed by atoms with Gasteiger partial charge in [-0.05, 0) is 29.8 Å².